The standard InChI is InChI=1S/C17H23N5O3/c1-4-14(12-5-7-18-8-6-12)20-17(23)22-10-13(24-3)9-15(22)16-19-11(2)21-25-16/h5-8,13-15H,4,9-10H2,1-3H3,(H,20,23)/t13-,14+,15+/m0/s1. The summed E-state index contributed by atoms with van der Waals surface area (Å²) >= 11 is 0. The number of hydrogen-bond donors (Lipinski definition) is 1. The van der Waals surface area contributed by atoms with Gasteiger partial charge in [-0.05, 0) is 31.0 Å². The number of pyridine rings is 1. The SMILES string of the molecule is CC[C@@H](NC(=O)N1C[C@@H](OC)C[C@@H]1c1nc(C)no1)c1ccncc1. The van der Waals surface area contributed by atoms with Gasteiger partial charge >= 0.3 is 6.03 Å². The highest BCUT2D eigenvalue weighted by molar-refractivity contribution is 5.75. The number of nitrogens with zero attached hydrogens (tertiary/aromatic N) is 4. The van der Waals surface area contributed by atoms with Gasteiger partial charge in [-0.15, -0.1) is 0 Å². The molecule has 1 aliphatic rings. The van der Waals surface area contributed by atoms with E-state index in [4.69, 9.17) is 9.26 Å². The fourth-order valence-electron chi connectivity index (χ4n) is 3.12. The van der Waals surface area contributed by atoms with Gasteiger partial charge in [0.2, 0.25) is 5.89 Å². The van der Waals surface area contributed by atoms with Crippen molar-refractivity contribution in [3.05, 3.63) is 41.8 Å². The second kappa shape index (κ2) is 7.60. The first kappa shape index (κ1) is 17.3. The Balaban J connectivity index is 1.76. The molecule has 0 aromatic carbocycles. The molecule has 3 heterocycles. The topological polar surface area (TPSA) is 93.4 Å². The molecule has 1 N–H and O–H groups in total. The molecule has 2 amide bonds. The lowest BCUT2D eigenvalue weighted by Gasteiger charge is -2.25. The molecular weight excluding hydrogens is 322 g/mol. The molecule has 1 saturated heterocycles. The fourth-order valence-corrected chi connectivity index (χ4v) is 3.12. The predicted molar refractivity (Wildman–Crippen MR) is 89.7 cm³/mol. The van der Waals surface area contributed by atoms with Crippen LogP contribution >= 0.6 is 0 Å². The van der Waals surface area contributed by atoms with Crippen LogP contribution in [0.5, 0.6) is 0 Å². The Morgan fingerprint density at radius 1 is 1.48 bits per heavy atom. The van der Waals surface area contributed by atoms with Gasteiger partial charge in [-0.25, -0.2) is 4.79 Å². The molecule has 0 bridgehead atoms. The van der Waals surface area contributed by atoms with Gasteiger partial charge in [-0.2, -0.15) is 4.98 Å². The van der Waals surface area contributed by atoms with Gasteiger partial charge in [-0.3, -0.25) is 4.98 Å². The van der Waals surface area contributed by atoms with Crippen LogP contribution in [-0.4, -0.2) is 45.8 Å². The minimum Gasteiger partial charge on any atom is -0.380 e. The summed E-state index contributed by atoms with van der Waals surface area (Å²) in [4.78, 5) is 22.9. The van der Waals surface area contributed by atoms with Crippen LogP contribution in [0, 0.1) is 6.92 Å². The van der Waals surface area contributed by atoms with E-state index in [1.54, 1.807) is 31.3 Å². The molecule has 3 rings (SSSR count). The molecule has 25 heavy (non-hydrogen) atoms. The Bertz CT molecular complexity index is 705. The maximum absolute atomic E-state index is 12.9. The van der Waals surface area contributed by atoms with E-state index in [-0.39, 0.29) is 24.2 Å². The molecule has 8 heteroatoms. The fraction of sp³-hybridized carbons (Fsp3) is 0.529. The van der Waals surface area contributed by atoms with E-state index in [2.05, 4.69) is 20.4 Å². The molecule has 0 unspecified atom stereocenters. The van der Waals surface area contributed by atoms with Crippen LogP contribution in [0.1, 0.15) is 49.1 Å². The van der Waals surface area contributed by atoms with Gasteiger partial charge in [0.05, 0.1) is 12.1 Å². The quantitative estimate of drug-likeness (QED) is 0.894. The molecule has 1 fully saturated rings. The van der Waals surface area contributed by atoms with E-state index in [0.29, 0.717) is 24.7 Å². The molecule has 2 aromatic heterocycles. The lowest BCUT2D eigenvalue weighted by molar-refractivity contribution is 0.110. The van der Waals surface area contributed by atoms with Gasteiger partial charge in [0.25, 0.3) is 0 Å². The number of ether oxygens (including phenoxy) is 1. The molecule has 0 spiro atoms. The summed E-state index contributed by atoms with van der Waals surface area (Å²) in [5, 5.41) is 6.93. The van der Waals surface area contributed by atoms with Gasteiger partial charge in [0.15, 0.2) is 5.82 Å². The van der Waals surface area contributed by atoms with E-state index < -0.39 is 0 Å². The number of nitrogens with one attached hydrogen (secondary N) is 1. The Hall–Kier alpha value is -2.48. The summed E-state index contributed by atoms with van der Waals surface area (Å²) in [5.41, 5.74) is 1.03. The second-order valence-corrected chi connectivity index (χ2v) is 6.13. The van der Waals surface area contributed by atoms with Crippen LogP contribution in [0.2, 0.25) is 0 Å². The van der Waals surface area contributed by atoms with Crippen LogP contribution in [0.15, 0.2) is 29.0 Å². The zero-order valence-corrected chi connectivity index (χ0v) is 14.7. The number of rotatable bonds is 5. The predicted octanol–water partition coefficient (Wildman–Crippen LogP) is 2.40. The summed E-state index contributed by atoms with van der Waals surface area (Å²) in [6.07, 6.45) is 4.82. The summed E-state index contributed by atoms with van der Waals surface area (Å²) in [6.45, 7) is 4.28. The smallest absolute Gasteiger partial charge is 0.318 e. The average Bonchev–Trinajstić information content (AvgIpc) is 3.26. The number of aromatic nitrogens is 3. The highest BCUT2D eigenvalue weighted by Crippen LogP contribution is 2.33. The van der Waals surface area contributed by atoms with Crippen molar-refractivity contribution in [3.8, 4) is 0 Å². The normalized spacial score (nSPS) is 21.3. The zero-order valence-electron chi connectivity index (χ0n) is 14.7. The van der Waals surface area contributed by atoms with Crippen LogP contribution < -0.4 is 5.32 Å². The minimum absolute atomic E-state index is 0.0519. The van der Waals surface area contributed by atoms with Crippen molar-refractivity contribution in [2.45, 2.75) is 44.9 Å². The maximum Gasteiger partial charge on any atom is 0.318 e. The molecule has 0 saturated carbocycles. The summed E-state index contributed by atoms with van der Waals surface area (Å²) in [6, 6.07) is 3.30. The Labute approximate surface area is 146 Å². The molecule has 8 nitrogen and oxygen atoms in total. The summed E-state index contributed by atoms with van der Waals surface area (Å²) in [7, 11) is 1.65. The first-order valence-corrected chi connectivity index (χ1v) is 8.42. The Kier molecular flexibility index (Phi) is 5.28. The first-order chi connectivity index (χ1) is 12.1. The van der Waals surface area contributed by atoms with Crippen molar-refractivity contribution in [2.24, 2.45) is 0 Å². The number of hydrogen-bond acceptors (Lipinski definition) is 6. The van der Waals surface area contributed by atoms with E-state index in [9.17, 15) is 4.79 Å². The highest BCUT2D eigenvalue weighted by atomic mass is 16.5. The largest absolute Gasteiger partial charge is 0.380 e. The van der Waals surface area contributed by atoms with Crippen LogP contribution in [-0.2, 0) is 4.74 Å². The molecule has 0 aliphatic carbocycles. The number of urea groups is 1. The van der Waals surface area contributed by atoms with Gasteiger partial charge in [-0.1, -0.05) is 12.1 Å². The second-order valence-electron chi connectivity index (χ2n) is 6.13. The van der Waals surface area contributed by atoms with Crippen molar-refractivity contribution in [2.75, 3.05) is 13.7 Å². The summed E-state index contributed by atoms with van der Waals surface area (Å²) < 4.78 is 10.7. The maximum atomic E-state index is 12.9. The van der Waals surface area contributed by atoms with Crippen LogP contribution in [0.25, 0.3) is 0 Å². The number of likely N-dealkylation sites (tertiary alicyclic amines) is 1. The molecule has 3 atom stereocenters. The number of carbonyl (C=O) groups is 1. The number of carbonyl (C=O) groups excluding carboxylic acids is 1. The number of amides is 2. The van der Waals surface area contributed by atoms with E-state index >= 15 is 0 Å². The Morgan fingerprint density at radius 2 is 2.24 bits per heavy atom. The molecule has 0 radical (unpaired) electrons. The summed E-state index contributed by atoms with van der Waals surface area (Å²) in [5.74, 6) is 1.00. The number of aryl methyl sites for hydroxylation is 1. The third kappa shape index (κ3) is 3.79. The van der Waals surface area contributed by atoms with Gasteiger partial charge < -0.3 is 19.5 Å². The lowest BCUT2D eigenvalue weighted by atomic mass is 10.1. The molecule has 1 aliphatic heterocycles. The highest BCUT2D eigenvalue weighted by Gasteiger charge is 2.40. The van der Waals surface area contributed by atoms with Crippen molar-refractivity contribution >= 4 is 6.03 Å². The minimum atomic E-state index is -0.277. The van der Waals surface area contributed by atoms with E-state index in [1.807, 2.05) is 19.1 Å². The molecule has 134 valence electrons. The lowest BCUT2D eigenvalue weighted by Crippen LogP contribution is -2.42. The molecule has 2 aromatic rings. The van der Waals surface area contributed by atoms with Gasteiger partial charge in [0, 0.05) is 32.5 Å². The average molecular weight is 345 g/mol. The third-order valence-corrected chi connectivity index (χ3v) is 4.50. The Morgan fingerprint density at radius 3 is 2.84 bits per heavy atom. The third-order valence-electron chi connectivity index (χ3n) is 4.50. The zero-order chi connectivity index (χ0) is 17.8. The van der Waals surface area contributed by atoms with E-state index in [1.165, 1.54) is 0 Å². The number of methoxy groups -OCH3 is 1. The van der Waals surface area contributed by atoms with E-state index in [0.717, 1.165) is 12.0 Å². The van der Waals surface area contributed by atoms with Crippen molar-refractivity contribution in [1.82, 2.24) is 25.3 Å². The monoisotopic (exact) mass is 345 g/mol. The van der Waals surface area contributed by atoms with Crippen molar-refractivity contribution < 1.29 is 14.1 Å². The van der Waals surface area contributed by atoms with Crippen molar-refractivity contribution in [1.29, 1.82) is 0 Å². The first-order valence-electron chi connectivity index (χ1n) is 8.42. The van der Waals surface area contributed by atoms with Crippen molar-refractivity contribution in [3.63, 3.8) is 0 Å². The van der Waals surface area contributed by atoms with Gasteiger partial charge in [0.1, 0.15) is 6.04 Å². The molecular formula is C17H23N5O3. The van der Waals surface area contributed by atoms with Crippen LogP contribution in [0.4, 0.5) is 4.79 Å². The van der Waals surface area contributed by atoms with Crippen LogP contribution in [0.3, 0.4) is 0 Å².